The molecule has 21 heavy (non-hydrogen) atoms. The van der Waals surface area contributed by atoms with Gasteiger partial charge in [0.1, 0.15) is 5.52 Å². The van der Waals surface area contributed by atoms with Gasteiger partial charge in [-0.05, 0) is 49.4 Å². The normalized spacial score (nSPS) is 10.8. The van der Waals surface area contributed by atoms with Crippen LogP contribution in [0.15, 0.2) is 46.9 Å². The van der Waals surface area contributed by atoms with E-state index >= 15 is 0 Å². The van der Waals surface area contributed by atoms with Crippen LogP contribution in [0, 0.1) is 0 Å². The van der Waals surface area contributed by atoms with E-state index in [1.807, 2.05) is 0 Å². The number of carbonyl (C=O) groups is 1. The number of fused-ring (bicyclic) bond motifs is 1. The molecule has 0 fully saturated rings. The number of esters is 1. The van der Waals surface area contributed by atoms with Crippen molar-refractivity contribution in [1.82, 2.24) is 4.98 Å². The number of hydrogen-bond acceptors (Lipinski definition) is 4. The second kappa shape index (κ2) is 5.58. The lowest BCUT2D eigenvalue weighted by Crippen LogP contribution is -2.03. The number of rotatable bonds is 3. The Morgan fingerprint density at radius 1 is 1.24 bits per heavy atom. The molecule has 0 aliphatic heterocycles. The molecule has 5 heteroatoms. The molecule has 106 valence electrons. The summed E-state index contributed by atoms with van der Waals surface area (Å²) in [6.45, 7) is 2.13. The molecule has 0 aliphatic carbocycles. The van der Waals surface area contributed by atoms with Gasteiger partial charge in [-0.2, -0.15) is 0 Å². The highest BCUT2D eigenvalue weighted by molar-refractivity contribution is 6.31. The number of oxazole rings is 1. The van der Waals surface area contributed by atoms with E-state index in [0.717, 1.165) is 5.56 Å². The zero-order valence-electron chi connectivity index (χ0n) is 11.3. The lowest BCUT2D eigenvalue weighted by molar-refractivity contribution is 0.0526. The maximum Gasteiger partial charge on any atom is 0.338 e. The number of ether oxygens (including phenoxy) is 1. The van der Waals surface area contributed by atoms with Crippen molar-refractivity contribution in [1.29, 1.82) is 0 Å². The van der Waals surface area contributed by atoms with E-state index in [4.69, 9.17) is 20.8 Å². The molecule has 1 heterocycles. The van der Waals surface area contributed by atoms with Crippen LogP contribution in [0.3, 0.4) is 0 Å². The summed E-state index contributed by atoms with van der Waals surface area (Å²) in [6.07, 6.45) is 0. The molecule has 0 N–H and O–H groups in total. The van der Waals surface area contributed by atoms with E-state index in [0.29, 0.717) is 34.2 Å². The van der Waals surface area contributed by atoms with Crippen LogP contribution in [0.25, 0.3) is 22.6 Å². The molecular weight excluding hydrogens is 290 g/mol. The van der Waals surface area contributed by atoms with Crippen LogP contribution in [0.4, 0.5) is 0 Å². The number of carbonyl (C=O) groups excluding carboxylic acids is 1. The molecule has 1 aromatic heterocycles. The minimum absolute atomic E-state index is 0.339. The van der Waals surface area contributed by atoms with Crippen LogP contribution in [0.5, 0.6) is 0 Å². The highest BCUT2D eigenvalue weighted by Crippen LogP contribution is 2.26. The third kappa shape index (κ3) is 2.76. The van der Waals surface area contributed by atoms with Gasteiger partial charge < -0.3 is 9.15 Å². The molecule has 2 aromatic carbocycles. The Kier molecular flexibility index (Phi) is 3.62. The van der Waals surface area contributed by atoms with Crippen molar-refractivity contribution >= 4 is 28.7 Å². The van der Waals surface area contributed by atoms with E-state index in [1.165, 1.54) is 0 Å². The number of aromatic nitrogens is 1. The molecule has 0 unspecified atom stereocenters. The van der Waals surface area contributed by atoms with Gasteiger partial charge in [0, 0.05) is 10.6 Å². The second-order valence-electron chi connectivity index (χ2n) is 4.43. The van der Waals surface area contributed by atoms with Gasteiger partial charge in [0.2, 0.25) is 5.89 Å². The second-order valence-corrected chi connectivity index (χ2v) is 4.87. The van der Waals surface area contributed by atoms with Crippen LogP contribution in [0.1, 0.15) is 17.3 Å². The van der Waals surface area contributed by atoms with Crippen LogP contribution in [-0.2, 0) is 4.74 Å². The van der Waals surface area contributed by atoms with Gasteiger partial charge >= 0.3 is 5.97 Å². The summed E-state index contributed by atoms with van der Waals surface area (Å²) in [5.74, 6) is 0.149. The van der Waals surface area contributed by atoms with E-state index in [1.54, 1.807) is 49.4 Å². The Morgan fingerprint density at radius 3 is 2.71 bits per heavy atom. The van der Waals surface area contributed by atoms with E-state index < -0.39 is 0 Å². The number of benzene rings is 2. The Morgan fingerprint density at radius 2 is 2.00 bits per heavy atom. The fourth-order valence-electron chi connectivity index (χ4n) is 1.99. The third-order valence-corrected chi connectivity index (χ3v) is 3.23. The fraction of sp³-hybridized carbons (Fsp3) is 0.125. The van der Waals surface area contributed by atoms with Crippen molar-refractivity contribution in [2.45, 2.75) is 6.92 Å². The summed E-state index contributed by atoms with van der Waals surface area (Å²) in [7, 11) is 0. The SMILES string of the molecule is CCOC(=O)c1ccc(-c2nc3cc(Cl)ccc3o2)cc1. The van der Waals surface area contributed by atoms with Gasteiger partial charge in [0.25, 0.3) is 0 Å². The van der Waals surface area contributed by atoms with Crippen molar-refractivity contribution in [3.63, 3.8) is 0 Å². The minimum atomic E-state index is -0.339. The molecule has 0 bridgehead atoms. The Labute approximate surface area is 126 Å². The summed E-state index contributed by atoms with van der Waals surface area (Å²) < 4.78 is 10.6. The zero-order valence-corrected chi connectivity index (χ0v) is 12.1. The third-order valence-electron chi connectivity index (χ3n) is 2.99. The molecular formula is C16H12ClNO3. The van der Waals surface area contributed by atoms with Crippen molar-refractivity contribution in [2.24, 2.45) is 0 Å². The van der Waals surface area contributed by atoms with Crippen molar-refractivity contribution < 1.29 is 13.9 Å². The predicted octanol–water partition coefficient (Wildman–Crippen LogP) is 4.32. The summed E-state index contributed by atoms with van der Waals surface area (Å²) in [6, 6.07) is 12.2. The molecule has 0 saturated heterocycles. The Hall–Kier alpha value is -2.33. The first-order chi connectivity index (χ1) is 10.2. The smallest absolute Gasteiger partial charge is 0.338 e. The van der Waals surface area contributed by atoms with E-state index in [2.05, 4.69) is 4.98 Å². The first-order valence-corrected chi connectivity index (χ1v) is 6.89. The first-order valence-electron chi connectivity index (χ1n) is 6.51. The minimum Gasteiger partial charge on any atom is -0.462 e. The van der Waals surface area contributed by atoms with E-state index in [-0.39, 0.29) is 5.97 Å². The number of nitrogens with zero attached hydrogens (tertiary/aromatic N) is 1. The molecule has 0 aliphatic rings. The van der Waals surface area contributed by atoms with Crippen molar-refractivity contribution in [3.05, 3.63) is 53.1 Å². The predicted molar refractivity (Wildman–Crippen MR) is 80.4 cm³/mol. The average Bonchev–Trinajstić information content (AvgIpc) is 2.90. The molecule has 3 rings (SSSR count). The van der Waals surface area contributed by atoms with Crippen LogP contribution in [-0.4, -0.2) is 17.6 Å². The number of halogens is 1. The zero-order chi connectivity index (χ0) is 14.8. The quantitative estimate of drug-likeness (QED) is 0.676. The molecule has 4 nitrogen and oxygen atoms in total. The summed E-state index contributed by atoms with van der Waals surface area (Å²) in [5.41, 5.74) is 2.66. The average molecular weight is 302 g/mol. The van der Waals surface area contributed by atoms with Gasteiger partial charge in [0.05, 0.1) is 12.2 Å². The van der Waals surface area contributed by atoms with Crippen LogP contribution >= 0.6 is 11.6 Å². The topological polar surface area (TPSA) is 52.3 Å². The van der Waals surface area contributed by atoms with Crippen molar-refractivity contribution in [2.75, 3.05) is 6.61 Å². The summed E-state index contributed by atoms with van der Waals surface area (Å²) in [5, 5.41) is 0.611. The maximum absolute atomic E-state index is 11.6. The summed E-state index contributed by atoms with van der Waals surface area (Å²) in [4.78, 5) is 16.0. The molecule has 0 spiro atoms. The van der Waals surface area contributed by atoms with Gasteiger partial charge in [-0.25, -0.2) is 9.78 Å². The van der Waals surface area contributed by atoms with Gasteiger partial charge in [0.15, 0.2) is 5.58 Å². The highest BCUT2D eigenvalue weighted by atomic mass is 35.5. The molecule has 0 amide bonds. The van der Waals surface area contributed by atoms with Gasteiger partial charge in [-0.3, -0.25) is 0 Å². The Bertz CT molecular complexity index is 793. The number of hydrogen-bond donors (Lipinski definition) is 0. The van der Waals surface area contributed by atoms with Crippen LogP contribution in [0.2, 0.25) is 5.02 Å². The molecule has 3 aromatic rings. The van der Waals surface area contributed by atoms with Crippen molar-refractivity contribution in [3.8, 4) is 11.5 Å². The molecule has 0 saturated carbocycles. The standard InChI is InChI=1S/C16H12ClNO3/c1-2-20-16(19)11-5-3-10(4-6-11)15-18-13-9-12(17)7-8-14(13)21-15/h3-9H,2H2,1H3. The highest BCUT2D eigenvalue weighted by Gasteiger charge is 2.10. The monoisotopic (exact) mass is 301 g/mol. The summed E-state index contributed by atoms with van der Waals surface area (Å²) >= 11 is 5.93. The van der Waals surface area contributed by atoms with Gasteiger partial charge in [-0.15, -0.1) is 0 Å². The lowest BCUT2D eigenvalue weighted by atomic mass is 10.1. The lowest BCUT2D eigenvalue weighted by Gasteiger charge is -2.01. The Balaban J connectivity index is 1.93. The maximum atomic E-state index is 11.6. The molecule has 0 radical (unpaired) electrons. The fourth-order valence-corrected chi connectivity index (χ4v) is 2.15. The van der Waals surface area contributed by atoms with E-state index in [9.17, 15) is 4.79 Å². The van der Waals surface area contributed by atoms with Crippen LogP contribution < -0.4 is 0 Å². The van der Waals surface area contributed by atoms with Gasteiger partial charge in [-0.1, -0.05) is 11.6 Å². The molecule has 0 atom stereocenters. The largest absolute Gasteiger partial charge is 0.462 e. The first kappa shape index (κ1) is 13.6.